The number of nitrogens with one attached hydrogen (secondary N) is 1. The average molecular weight is 214 g/mol. The lowest BCUT2D eigenvalue weighted by Gasteiger charge is -2.17. The van der Waals surface area contributed by atoms with Gasteiger partial charge in [-0.15, -0.1) is 0 Å². The van der Waals surface area contributed by atoms with Crippen LogP contribution >= 0.6 is 0 Å². The van der Waals surface area contributed by atoms with Gasteiger partial charge < -0.3 is 0 Å². The van der Waals surface area contributed by atoms with Crippen molar-refractivity contribution in [3.63, 3.8) is 0 Å². The summed E-state index contributed by atoms with van der Waals surface area (Å²) >= 11 is 0. The van der Waals surface area contributed by atoms with Crippen molar-refractivity contribution in [2.24, 2.45) is 11.8 Å². The minimum Gasteiger partial charge on any atom is -0.242 e. The van der Waals surface area contributed by atoms with E-state index in [4.69, 9.17) is 5.26 Å². The van der Waals surface area contributed by atoms with Gasteiger partial charge in [0, 0.05) is 12.5 Å². The van der Waals surface area contributed by atoms with E-state index in [2.05, 4.69) is 10.8 Å². The number of nitriles is 1. The summed E-state index contributed by atoms with van der Waals surface area (Å²) in [5, 5.41) is 8.58. The van der Waals surface area contributed by atoms with Gasteiger partial charge in [-0.1, -0.05) is 0 Å². The van der Waals surface area contributed by atoms with Crippen molar-refractivity contribution in [1.29, 1.82) is 5.26 Å². The molecule has 3 unspecified atom stereocenters. The van der Waals surface area contributed by atoms with E-state index in [9.17, 15) is 4.21 Å². The molecule has 14 heavy (non-hydrogen) atoms. The zero-order chi connectivity index (χ0) is 10.8. The second-order valence-electron chi connectivity index (χ2n) is 4.80. The van der Waals surface area contributed by atoms with Crippen LogP contribution in [0.15, 0.2) is 0 Å². The lowest BCUT2D eigenvalue weighted by Crippen LogP contribution is -2.33. The predicted octanol–water partition coefficient (Wildman–Crippen LogP) is 1.59. The van der Waals surface area contributed by atoms with Gasteiger partial charge in [0.1, 0.15) is 0 Å². The summed E-state index contributed by atoms with van der Waals surface area (Å²) < 4.78 is 14.4. The van der Waals surface area contributed by atoms with Crippen LogP contribution in [0.2, 0.25) is 0 Å². The van der Waals surface area contributed by atoms with Gasteiger partial charge in [0.25, 0.3) is 0 Å². The molecule has 0 radical (unpaired) electrons. The topological polar surface area (TPSA) is 52.9 Å². The third-order valence-electron chi connectivity index (χ3n) is 2.39. The predicted molar refractivity (Wildman–Crippen MR) is 57.7 cm³/mol. The molecule has 4 heteroatoms. The molecule has 0 amide bonds. The summed E-state index contributed by atoms with van der Waals surface area (Å²) in [6, 6.07) is 2.25. The highest BCUT2D eigenvalue weighted by molar-refractivity contribution is 7.84. The molecule has 3 nitrogen and oxygen atoms in total. The first-order chi connectivity index (χ1) is 6.45. The van der Waals surface area contributed by atoms with Gasteiger partial charge in [-0.25, -0.2) is 8.93 Å². The highest BCUT2D eigenvalue weighted by Crippen LogP contribution is 2.40. The van der Waals surface area contributed by atoms with E-state index in [0.29, 0.717) is 5.92 Å². The van der Waals surface area contributed by atoms with Crippen molar-refractivity contribution >= 4 is 11.0 Å². The Balaban J connectivity index is 2.11. The zero-order valence-corrected chi connectivity index (χ0v) is 9.86. The minimum absolute atomic E-state index is 0.196. The normalized spacial score (nSPS) is 28.1. The van der Waals surface area contributed by atoms with Gasteiger partial charge in [0.15, 0.2) is 0 Å². The largest absolute Gasteiger partial charge is 0.242 e. The van der Waals surface area contributed by atoms with Crippen LogP contribution in [0.5, 0.6) is 0 Å². The quantitative estimate of drug-likeness (QED) is 0.772. The number of nitrogens with zero attached hydrogens (tertiary/aromatic N) is 1. The summed E-state index contributed by atoms with van der Waals surface area (Å²) in [7, 11) is -0.972. The summed E-state index contributed by atoms with van der Waals surface area (Å²) in [6.07, 6.45) is 2.00. The summed E-state index contributed by atoms with van der Waals surface area (Å²) in [5.41, 5.74) is 0. The third-order valence-corrected chi connectivity index (χ3v) is 3.97. The van der Waals surface area contributed by atoms with E-state index >= 15 is 0 Å². The van der Waals surface area contributed by atoms with Gasteiger partial charge in [0.05, 0.1) is 21.8 Å². The third kappa shape index (κ3) is 3.39. The van der Waals surface area contributed by atoms with Crippen molar-refractivity contribution in [2.45, 2.75) is 38.4 Å². The van der Waals surface area contributed by atoms with Crippen molar-refractivity contribution < 1.29 is 4.21 Å². The SMILES string of the molecule is CC(C)(C)S(=O)NCCC1CC1C#N. The molecule has 0 bridgehead atoms. The van der Waals surface area contributed by atoms with E-state index in [1.807, 2.05) is 20.8 Å². The van der Waals surface area contributed by atoms with Crippen LogP contribution in [0.4, 0.5) is 0 Å². The summed E-state index contributed by atoms with van der Waals surface area (Å²) in [6.45, 7) is 6.61. The van der Waals surface area contributed by atoms with E-state index in [1.165, 1.54) is 0 Å². The molecule has 0 aliphatic heterocycles. The summed E-state index contributed by atoms with van der Waals surface area (Å²) in [4.78, 5) is 0. The fourth-order valence-corrected chi connectivity index (χ4v) is 2.01. The first kappa shape index (κ1) is 11.7. The Kier molecular flexibility index (Phi) is 3.68. The zero-order valence-electron chi connectivity index (χ0n) is 9.04. The van der Waals surface area contributed by atoms with Crippen molar-refractivity contribution in [3.8, 4) is 6.07 Å². The highest BCUT2D eigenvalue weighted by Gasteiger charge is 2.36. The van der Waals surface area contributed by atoms with Crippen LogP contribution in [-0.4, -0.2) is 15.5 Å². The Hall–Kier alpha value is -0.400. The smallest absolute Gasteiger partial charge is 0.0970 e. The number of hydrogen-bond donors (Lipinski definition) is 1. The molecule has 1 rings (SSSR count). The molecule has 80 valence electrons. The first-order valence-electron chi connectivity index (χ1n) is 5.00. The first-order valence-corrected chi connectivity index (χ1v) is 6.15. The monoisotopic (exact) mass is 214 g/mol. The molecule has 1 N–H and O–H groups in total. The fraction of sp³-hybridized carbons (Fsp3) is 0.900. The molecule has 0 aromatic heterocycles. The Morgan fingerprint density at radius 2 is 2.21 bits per heavy atom. The van der Waals surface area contributed by atoms with Crippen LogP contribution in [0.3, 0.4) is 0 Å². The maximum atomic E-state index is 11.6. The van der Waals surface area contributed by atoms with Gasteiger partial charge >= 0.3 is 0 Å². The second kappa shape index (κ2) is 4.41. The van der Waals surface area contributed by atoms with Gasteiger partial charge in [-0.2, -0.15) is 5.26 Å². The molecule has 0 aromatic carbocycles. The van der Waals surface area contributed by atoms with Crippen LogP contribution in [-0.2, 0) is 11.0 Å². The van der Waals surface area contributed by atoms with Crippen LogP contribution < -0.4 is 4.72 Å². The molecule has 0 saturated heterocycles. The molecule has 1 fully saturated rings. The number of hydrogen-bond acceptors (Lipinski definition) is 2. The van der Waals surface area contributed by atoms with E-state index < -0.39 is 11.0 Å². The Morgan fingerprint density at radius 1 is 1.57 bits per heavy atom. The maximum absolute atomic E-state index is 11.6. The molecule has 0 heterocycles. The average Bonchev–Trinajstić information content (AvgIpc) is 2.81. The highest BCUT2D eigenvalue weighted by atomic mass is 32.2. The van der Waals surface area contributed by atoms with Crippen molar-refractivity contribution in [3.05, 3.63) is 0 Å². The molecule has 3 atom stereocenters. The van der Waals surface area contributed by atoms with E-state index in [0.717, 1.165) is 19.4 Å². The second-order valence-corrected chi connectivity index (χ2v) is 6.85. The molecule has 1 aliphatic carbocycles. The number of rotatable bonds is 4. The van der Waals surface area contributed by atoms with Crippen LogP contribution in [0, 0.1) is 23.2 Å². The van der Waals surface area contributed by atoms with Crippen LogP contribution in [0.25, 0.3) is 0 Å². The van der Waals surface area contributed by atoms with Gasteiger partial charge in [0.2, 0.25) is 0 Å². The Morgan fingerprint density at radius 3 is 2.64 bits per heavy atom. The van der Waals surface area contributed by atoms with E-state index in [-0.39, 0.29) is 10.7 Å². The molecule has 1 aliphatic rings. The van der Waals surface area contributed by atoms with Gasteiger partial charge in [-0.3, -0.25) is 0 Å². The van der Waals surface area contributed by atoms with Crippen LogP contribution in [0.1, 0.15) is 33.6 Å². The molecule has 0 spiro atoms. The molecular weight excluding hydrogens is 196 g/mol. The lowest BCUT2D eigenvalue weighted by molar-refractivity contribution is 0.620. The van der Waals surface area contributed by atoms with Crippen molar-refractivity contribution in [1.82, 2.24) is 4.72 Å². The molecule has 0 aromatic rings. The fourth-order valence-electron chi connectivity index (χ4n) is 1.28. The summed E-state index contributed by atoms with van der Waals surface area (Å²) in [5.74, 6) is 0.810. The van der Waals surface area contributed by atoms with Crippen molar-refractivity contribution in [2.75, 3.05) is 6.54 Å². The van der Waals surface area contributed by atoms with Gasteiger partial charge in [-0.05, 0) is 39.5 Å². The standard InChI is InChI=1S/C10H18N2OS/c1-10(2,3)14(13)12-5-4-8-6-9(8)7-11/h8-9,12H,4-6H2,1-3H3. The Bertz CT molecular complexity index is 264. The minimum atomic E-state index is -0.972. The maximum Gasteiger partial charge on any atom is 0.0970 e. The lowest BCUT2D eigenvalue weighted by atomic mass is 10.2. The molecular formula is C10H18N2OS. The Labute approximate surface area is 88.5 Å². The molecule has 1 saturated carbocycles. The van der Waals surface area contributed by atoms with E-state index in [1.54, 1.807) is 0 Å².